The summed E-state index contributed by atoms with van der Waals surface area (Å²) in [5, 5.41) is 11.6. The Morgan fingerprint density at radius 1 is 1.17 bits per heavy atom. The molecule has 9 heteroatoms. The zero-order valence-corrected chi connectivity index (χ0v) is 20.4. The first-order valence-electron chi connectivity index (χ1n) is 11.6. The maximum Gasteiger partial charge on any atom is 0.295 e. The lowest BCUT2D eigenvalue weighted by Gasteiger charge is -2.31. The monoisotopic (exact) mass is 502 g/mol. The molecular weight excluding hydrogens is 475 g/mol. The van der Waals surface area contributed by atoms with Gasteiger partial charge in [0.2, 0.25) is 0 Å². The van der Waals surface area contributed by atoms with Gasteiger partial charge in [0.05, 0.1) is 30.9 Å². The Bertz CT molecular complexity index is 1150. The molecule has 2 aliphatic rings. The normalized spacial score (nSPS) is 20.6. The number of likely N-dealkylation sites (tertiary alicyclic amines) is 1. The summed E-state index contributed by atoms with van der Waals surface area (Å²) in [6.07, 6.45) is -0.233. The number of carbonyl (C=O) groups is 2. The molecule has 0 spiro atoms. The van der Waals surface area contributed by atoms with E-state index in [4.69, 9.17) is 21.1 Å². The van der Waals surface area contributed by atoms with E-state index >= 15 is 0 Å². The summed E-state index contributed by atoms with van der Waals surface area (Å²) in [4.78, 5) is 29.8. The number of carbonyl (C=O) groups excluding carboxylic acids is 2. The Labute approximate surface area is 208 Å². The summed E-state index contributed by atoms with van der Waals surface area (Å²) in [7, 11) is 0. The van der Waals surface area contributed by atoms with Gasteiger partial charge in [0.25, 0.3) is 11.7 Å². The second-order valence-corrected chi connectivity index (χ2v) is 9.25. The van der Waals surface area contributed by atoms with Crippen molar-refractivity contribution in [2.75, 3.05) is 39.4 Å². The zero-order chi connectivity index (χ0) is 25.1. The molecule has 2 saturated heterocycles. The number of nitrogens with zero attached hydrogens (tertiary/aromatic N) is 2. The highest BCUT2D eigenvalue weighted by molar-refractivity contribution is 6.46. The fourth-order valence-electron chi connectivity index (χ4n) is 4.36. The predicted octanol–water partition coefficient (Wildman–Crippen LogP) is 4.02. The molecule has 2 aromatic carbocycles. The quantitative estimate of drug-likeness (QED) is 0.350. The average Bonchev–Trinajstić information content (AvgIpc) is 3.09. The number of benzene rings is 2. The Balaban J connectivity index is 1.73. The maximum absolute atomic E-state index is 14.7. The molecule has 7 nitrogen and oxygen atoms in total. The van der Waals surface area contributed by atoms with Crippen molar-refractivity contribution >= 4 is 29.1 Å². The van der Waals surface area contributed by atoms with Gasteiger partial charge in [-0.1, -0.05) is 23.7 Å². The minimum Gasteiger partial charge on any atom is -0.507 e. The van der Waals surface area contributed by atoms with Crippen LogP contribution in [-0.2, 0) is 14.3 Å². The summed E-state index contributed by atoms with van der Waals surface area (Å²) < 4.78 is 25.5. The first-order valence-corrected chi connectivity index (χ1v) is 11.9. The molecule has 0 bridgehead atoms. The Morgan fingerprint density at radius 2 is 1.91 bits per heavy atom. The second kappa shape index (κ2) is 10.8. The molecule has 1 atom stereocenters. The van der Waals surface area contributed by atoms with E-state index < -0.39 is 29.3 Å². The standard InChI is InChI=1S/C26H28ClFN2O5/c1-16(2)35-21-7-6-18(15-20(21)28)24(31)22-23(17-4-3-5-19(27)14-17)30(26(33)25(22)32)9-8-29-10-12-34-13-11-29/h3-7,14-16,23,31H,8-13H2,1-2H3/b24-22+/t23-/m0/s1. The molecule has 0 aliphatic carbocycles. The van der Waals surface area contributed by atoms with Crippen LogP contribution in [-0.4, -0.2) is 72.1 Å². The molecule has 0 unspecified atom stereocenters. The number of amides is 1. The number of hydrogen-bond acceptors (Lipinski definition) is 6. The van der Waals surface area contributed by atoms with Crippen LogP contribution in [0.3, 0.4) is 0 Å². The molecule has 0 radical (unpaired) electrons. The minimum absolute atomic E-state index is 0.0360. The van der Waals surface area contributed by atoms with Crippen LogP contribution in [0.25, 0.3) is 5.76 Å². The molecule has 186 valence electrons. The number of ether oxygens (including phenoxy) is 2. The topological polar surface area (TPSA) is 79.3 Å². The fraction of sp³-hybridized carbons (Fsp3) is 0.385. The van der Waals surface area contributed by atoms with Gasteiger partial charge < -0.3 is 19.5 Å². The van der Waals surface area contributed by atoms with E-state index in [0.717, 1.165) is 19.2 Å². The van der Waals surface area contributed by atoms with Gasteiger partial charge in [-0.15, -0.1) is 0 Å². The van der Waals surface area contributed by atoms with E-state index in [1.54, 1.807) is 38.1 Å². The van der Waals surface area contributed by atoms with E-state index in [2.05, 4.69) is 4.90 Å². The highest BCUT2D eigenvalue weighted by Crippen LogP contribution is 2.40. The number of aliphatic hydroxyl groups excluding tert-OH is 1. The van der Waals surface area contributed by atoms with Crippen molar-refractivity contribution < 1.29 is 28.6 Å². The largest absolute Gasteiger partial charge is 0.507 e. The second-order valence-electron chi connectivity index (χ2n) is 8.81. The number of hydrogen-bond donors (Lipinski definition) is 1. The van der Waals surface area contributed by atoms with Crippen LogP contribution >= 0.6 is 11.6 Å². The summed E-state index contributed by atoms with van der Waals surface area (Å²) in [5.41, 5.74) is 0.563. The molecule has 1 N–H and O–H groups in total. The Hall–Kier alpha value is -2.94. The first-order chi connectivity index (χ1) is 16.8. The highest BCUT2D eigenvalue weighted by atomic mass is 35.5. The van der Waals surface area contributed by atoms with Gasteiger partial charge >= 0.3 is 0 Å². The fourth-order valence-corrected chi connectivity index (χ4v) is 4.56. The van der Waals surface area contributed by atoms with Crippen molar-refractivity contribution in [1.29, 1.82) is 0 Å². The van der Waals surface area contributed by atoms with Crippen molar-refractivity contribution in [3.8, 4) is 5.75 Å². The van der Waals surface area contributed by atoms with E-state index in [1.807, 2.05) is 0 Å². The summed E-state index contributed by atoms with van der Waals surface area (Å²) in [6.45, 7) is 7.05. The molecule has 0 aromatic heterocycles. The highest BCUT2D eigenvalue weighted by Gasteiger charge is 2.46. The van der Waals surface area contributed by atoms with Crippen LogP contribution in [0, 0.1) is 5.82 Å². The maximum atomic E-state index is 14.7. The van der Waals surface area contributed by atoms with Crippen LogP contribution < -0.4 is 4.74 Å². The van der Waals surface area contributed by atoms with Gasteiger partial charge in [-0.3, -0.25) is 14.5 Å². The minimum atomic E-state index is -0.857. The third-order valence-corrected chi connectivity index (χ3v) is 6.27. The number of Topliss-reactive ketones (excluding diaryl/α,β-unsaturated/α-hetero) is 1. The van der Waals surface area contributed by atoms with Gasteiger partial charge in [-0.2, -0.15) is 0 Å². The van der Waals surface area contributed by atoms with E-state index in [-0.39, 0.29) is 29.5 Å². The third kappa shape index (κ3) is 5.50. The molecule has 4 rings (SSSR count). The summed E-state index contributed by atoms with van der Waals surface area (Å²) >= 11 is 6.21. The lowest BCUT2D eigenvalue weighted by molar-refractivity contribution is -0.140. The van der Waals surface area contributed by atoms with Crippen LogP contribution in [0.5, 0.6) is 5.75 Å². The SMILES string of the molecule is CC(C)Oc1ccc(/C(O)=C2\C(=O)C(=O)N(CCN3CCOCC3)[C@H]2c2cccc(Cl)c2)cc1F. The summed E-state index contributed by atoms with van der Waals surface area (Å²) in [5.74, 6) is -2.63. The van der Waals surface area contributed by atoms with Crippen LogP contribution in [0.2, 0.25) is 5.02 Å². The number of halogens is 2. The lowest BCUT2D eigenvalue weighted by Crippen LogP contribution is -2.42. The van der Waals surface area contributed by atoms with Gasteiger partial charge in [-0.05, 0) is 49.7 Å². The number of ketones is 1. The lowest BCUT2D eigenvalue weighted by atomic mass is 9.95. The molecule has 2 aromatic rings. The zero-order valence-electron chi connectivity index (χ0n) is 19.7. The third-order valence-electron chi connectivity index (χ3n) is 6.03. The van der Waals surface area contributed by atoms with Crippen molar-refractivity contribution in [3.05, 3.63) is 70.0 Å². The average molecular weight is 503 g/mol. The summed E-state index contributed by atoms with van der Waals surface area (Å²) in [6, 6.07) is 9.92. The van der Waals surface area contributed by atoms with Crippen molar-refractivity contribution in [2.24, 2.45) is 0 Å². The number of rotatable bonds is 7. The van der Waals surface area contributed by atoms with Crippen molar-refractivity contribution in [3.63, 3.8) is 0 Å². The Morgan fingerprint density at radius 3 is 2.57 bits per heavy atom. The number of aliphatic hydroxyl groups is 1. The molecular formula is C26H28ClFN2O5. The smallest absolute Gasteiger partial charge is 0.295 e. The molecule has 35 heavy (non-hydrogen) atoms. The van der Waals surface area contributed by atoms with E-state index in [1.165, 1.54) is 17.0 Å². The molecule has 2 heterocycles. The van der Waals surface area contributed by atoms with Crippen LogP contribution in [0.15, 0.2) is 48.0 Å². The molecule has 1 amide bonds. The van der Waals surface area contributed by atoms with E-state index in [9.17, 15) is 19.1 Å². The van der Waals surface area contributed by atoms with Gasteiger partial charge in [0.15, 0.2) is 11.6 Å². The van der Waals surface area contributed by atoms with Gasteiger partial charge in [0.1, 0.15) is 5.76 Å². The van der Waals surface area contributed by atoms with Gasteiger partial charge in [-0.25, -0.2) is 4.39 Å². The molecule has 0 saturated carbocycles. The van der Waals surface area contributed by atoms with Crippen molar-refractivity contribution in [1.82, 2.24) is 9.80 Å². The van der Waals surface area contributed by atoms with Gasteiger partial charge in [0, 0.05) is 36.8 Å². The molecule has 2 fully saturated rings. The molecule has 2 aliphatic heterocycles. The number of morpholine rings is 1. The predicted molar refractivity (Wildman–Crippen MR) is 130 cm³/mol. The van der Waals surface area contributed by atoms with Crippen LogP contribution in [0.1, 0.15) is 31.0 Å². The van der Waals surface area contributed by atoms with E-state index in [0.29, 0.717) is 30.3 Å². The first kappa shape index (κ1) is 25.2. The Kier molecular flexibility index (Phi) is 7.74. The van der Waals surface area contributed by atoms with Crippen LogP contribution in [0.4, 0.5) is 4.39 Å². The van der Waals surface area contributed by atoms with Crippen molar-refractivity contribution in [2.45, 2.75) is 26.0 Å².